The van der Waals surface area contributed by atoms with Crippen molar-refractivity contribution in [2.24, 2.45) is 0 Å². The first-order chi connectivity index (χ1) is 7.40. The van der Waals surface area contributed by atoms with Crippen molar-refractivity contribution in [1.29, 1.82) is 0 Å². The summed E-state index contributed by atoms with van der Waals surface area (Å²) in [5.41, 5.74) is 2.21. The largest absolute Gasteiger partial charge is 0.396 e. The minimum absolute atomic E-state index is 0.230. The molecular formula is C11H13N3O. The Labute approximate surface area is 88.2 Å². The number of benzene rings is 1. The summed E-state index contributed by atoms with van der Waals surface area (Å²) in [6, 6.07) is 8.08. The maximum Gasteiger partial charge on any atom is 0.138 e. The summed E-state index contributed by atoms with van der Waals surface area (Å²) in [7, 11) is 0. The zero-order valence-corrected chi connectivity index (χ0v) is 8.37. The molecule has 15 heavy (non-hydrogen) atoms. The number of aliphatic hydroxyl groups is 1. The minimum Gasteiger partial charge on any atom is -0.396 e. The van der Waals surface area contributed by atoms with E-state index < -0.39 is 0 Å². The molecule has 0 radical (unpaired) electrons. The van der Waals surface area contributed by atoms with Gasteiger partial charge in [0, 0.05) is 6.61 Å². The number of hydrogen-bond donors (Lipinski definition) is 1. The molecule has 0 atom stereocenters. The predicted octanol–water partition coefficient (Wildman–Crippen LogP) is 1.19. The molecule has 0 aliphatic carbocycles. The van der Waals surface area contributed by atoms with E-state index in [0.29, 0.717) is 0 Å². The molecule has 2 aromatic rings. The molecule has 1 heterocycles. The van der Waals surface area contributed by atoms with Gasteiger partial charge in [-0.05, 0) is 30.5 Å². The summed E-state index contributed by atoms with van der Waals surface area (Å²) in [6.45, 7) is 0.230. The van der Waals surface area contributed by atoms with Crippen LogP contribution in [0, 0.1) is 0 Å². The number of aromatic nitrogens is 3. The van der Waals surface area contributed by atoms with Crippen molar-refractivity contribution in [3.63, 3.8) is 0 Å². The third-order valence-electron chi connectivity index (χ3n) is 2.22. The fourth-order valence-electron chi connectivity index (χ4n) is 1.48. The summed E-state index contributed by atoms with van der Waals surface area (Å²) in [6.07, 6.45) is 4.87. The fraction of sp³-hybridized carbons (Fsp3) is 0.273. The lowest BCUT2D eigenvalue weighted by molar-refractivity contribution is 0.288. The monoisotopic (exact) mass is 203 g/mol. The van der Waals surface area contributed by atoms with Gasteiger partial charge >= 0.3 is 0 Å². The third-order valence-corrected chi connectivity index (χ3v) is 2.22. The van der Waals surface area contributed by atoms with Crippen LogP contribution in [0.3, 0.4) is 0 Å². The Hall–Kier alpha value is -1.68. The van der Waals surface area contributed by atoms with Crippen molar-refractivity contribution < 1.29 is 5.11 Å². The van der Waals surface area contributed by atoms with Crippen LogP contribution in [0.2, 0.25) is 0 Å². The van der Waals surface area contributed by atoms with Gasteiger partial charge in [-0.1, -0.05) is 12.1 Å². The summed E-state index contributed by atoms with van der Waals surface area (Å²) < 4.78 is 1.72. The molecule has 1 aromatic heterocycles. The van der Waals surface area contributed by atoms with Crippen LogP contribution < -0.4 is 0 Å². The average molecular weight is 203 g/mol. The number of aliphatic hydroxyl groups excluding tert-OH is 1. The van der Waals surface area contributed by atoms with Crippen LogP contribution in [-0.4, -0.2) is 26.5 Å². The number of nitrogens with zero attached hydrogens (tertiary/aromatic N) is 3. The molecule has 78 valence electrons. The van der Waals surface area contributed by atoms with E-state index in [1.54, 1.807) is 11.0 Å². The first-order valence-corrected chi connectivity index (χ1v) is 4.95. The summed E-state index contributed by atoms with van der Waals surface area (Å²) in [5.74, 6) is 0. The van der Waals surface area contributed by atoms with Crippen molar-refractivity contribution in [2.45, 2.75) is 12.8 Å². The van der Waals surface area contributed by atoms with Crippen molar-refractivity contribution >= 4 is 0 Å². The van der Waals surface area contributed by atoms with E-state index in [1.807, 2.05) is 12.1 Å². The molecule has 4 heteroatoms. The SMILES string of the molecule is OCCCc1cccc(-n2cncn2)c1. The van der Waals surface area contributed by atoms with Crippen LogP contribution >= 0.6 is 0 Å². The number of aryl methyl sites for hydroxylation is 1. The molecule has 0 amide bonds. The van der Waals surface area contributed by atoms with Crippen LogP contribution in [-0.2, 0) is 6.42 Å². The van der Waals surface area contributed by atoms with Gasteiger partial charge in [0.2, 0.25) is 0 Å². The summed E-state index contributed by atoms with van der Waals surface area (Å²) in [5, 5.41) is 12.8. The Bertz CT molecular complexity index is 412. The lowest BCUT2D eigenvalue weighted by Crippen LogP contribution is -1.96. The normalized spacial score (nSPS) is 10.5. The molecule has 0 saturated heterocycles. The Balaban J connectivity index is 2.19. The molecule has 0 spiro atoms. The van der Waals surface area contributed by atoms with Gasteiger partial charge < -0.3 is 5.11 Å². The molecule has 0 aliphatic rings. The van der Waals surface area contributed by atoms with Crippen molar-refractivity contribution in [2.75, 3.05) is 6.61 Å². The second-order valence-electron chi connectivity index (χ2n) is 3.34. The smallest absolute Gasteiger partial charge is 0.138 e. The van der Waals surface area contributed by atoms with Crippen molar-refractivity contribution in [3.8, 4) is 5.69 Å². The van der Waals surface area contributed by atoms with E-state index in [1.165, 1.54) is 11.9 Å². The molecule has 1 N–H and O–H groups in total. The highest BCUT2D eigenvalue weighted by Gasteiger charge is 1.98. The Morgan fingerprint density at radius 1 is 1.33 bits per heavy atom. The molecule has 0 fully saturated rings. The van der Waals surface area contributed by atoms with E-state index in [4.69, 9.17) is 5.11 Å². The third kappa shape index (κ3) is 2.41. The molecule has 0 bridgehead atoms. The maximum atomic E-state index is 8.75. The lowest BCUT2D eigenvalue weighted by Gasteiger charge is -2.03. The zero-order chi connectivity index (χ0) is 10.5. The second-order valence-corrected chi connectivity index (χ2v) is 3.34. The molecule has 1 aromatic carbocycles. The Kier molecular flexibility index (Phi) is 3.09. The maximum absolute atomic E-state index is 8.75. The molecule has 0 unspecified atom stereocenters. The van der Waals surface area contributed by atoms with E-state index in [2.05, 4.69) is 22.2 Å². The van der Waals surface area contributed by atoms with Crippen LogP contribution in [0.1, 0.15) is 12.0 Å². The second kappa shape index (κ2) is 4.70. The van der Waals surface area contributed by atoms with Crippen LogP contribution in [0.25, 0.3) is 5.69 Å². The highest BCUT2D eigenvalue weighted by molar-refractivity contribution is 5.34. The quantitative estimate of drug-likeness (QED) is 0.812. The van der Waals surface area contributed by atoms with Crippen LogP contribution in [0.15, 0.2) is 36.9 Å². The van der Waals surface area contributed by atoms with Gasteiger partial charge in [-0.15, -0.1) is 0 Å². The topological polar surface area (TPSA) is 50.9 Å². The number of hydrogen-bond acceptors (Lipinski definition) is 3. The lowest BCUT2D eigenvalue weighted by atomic mass is 10.1. The highest BCUT2D eigenvalue weighted by Crippen LogP contribution is 2.10. The minimum atomic E-state index is 0.230. The molecule has 4 nitrogen and oxygen atoms in total. The first-order valence-electron chi connectivity index (χ1n) is 4.95. The van der Waals surface area contributed by atoms with Crippen LogP contribution in [0.5, 0.6) is 0 Å². The Morgan fingerprint density at radius 3 is 3.00 bits per heavy atom. The van der Waals surface area contributed by atoms with Gasteiger partial charge in [0.1, 0.15) is 12.7 Å². The van der Waals surface area contributed by atoms with Gasteiger partial charge in [0.05, 0.1) is 5.69 Å². The molecule has 0 aliphatic heterocycles. The average Bonchev–Trinajstić information content (AvgIpc) is 2.80. The van der Waals surface area contributed by atoms with E-state index >= 15 is 0 Å². The van der Waals surface area contributed by atoms with E-state index in [0.717, 1.165) is 18.5 Å². The van der Waals surface area contributed by atoms with Gasteiger partial charge in [-0.3, -0.25) is 0 Å². The number of rotatable bonds is 4. The van der Waals surface area contributed by atoms with Crippen LogP contribution in [0.4, 0.5) is 0 Å². The standard InChI is InChI=1S/C11H13N3O/c15-6-2-4-10-3-1-5-11(7-10)14-9-12-8-13-14/h1,3,5,7-9,15H,2,4,6H2. The van der Waals surface area contributed by atoms with Gasteiger partial charge in [0.15, 0.2) is 0 Å². The van der Waals surface area contributed by atoms with Gasteiger partial charge in [-0.2, -0.15) is 5.10 Å². The Morgan fingerprint density at radius 2 is 2.27 bits per heavy atom. The predicted molar refractivity (Wildman–Crippen MR) is 56.8 cm³/mol. The molecule has 2 rings (SSSR count). The zero-order valence-electron chi connectivity index (χ0n) is 8.37. The van der Waals surface area contributed by atoms with Gasteiger partial charge in [-0.25, -0.2) is 9.67 Å². The summed E-state index contributed by atoms with van der Waals surface area (Å²) >= 11 is 0. The molecular weight excluding hydrogens is 190 g/mol. The first kappa shape index (κ1) is 9.86. The fourth-order valence-corrected chi connectivity index (χ4v) is 1.48. The van der Waals surface area contributed by atoms with Crippen molar-refractivity contribution in [3.05, 3.63) is 42.5 Å². The van der Waals surface area contributed by atoms with E-state index in [-0.39, 0.29) is 6.61 Å². The molecule has 0 saturated carbocycles. The van der Waals surface area contributed by atoms with E-state index in [9.17, 15) is 0 Å². The summed E-state index contributed by atoms with van der Waals surface area (Å²) in [4.78, 5) is 3.90. The highest BCUT2D eigenvalue weighted by atomic mass is 16.2. The van der Waals surface area contributed by atoms with Gasteiger partial charge in [0.25, 0.3) is 0 Å². The van der Waals surface area contributed by atoms with Crippen molar-refractivity contribution in [1.82, 2.24) is 14.8 Å².